The lowest BCUT2D eigenvalue weighted by molar-refractivity contribution is -0.163. The molecule has 0 bridgehead atoms. The molecule has 2 aromatic rings. The number of benzene rings is 2. The van der Waals surface area contributed by atoms with Crippen molar-refractivity contribution in [2.24, 2.45) is 5.73 Å². The van der Waals surface area contributed by atoms with Gasteiger partial charge in [0.05, 0.1) is 6.42 Å². The fraction of sp³-hybridized carbons (Fsp3) is 0.292. The first-order valence-electron chi connectivity index (χ1n) is 10.6. The second kappa shape index (κ2) is 8.94. The number of ether oxygens (including phenoxy) is 2. The van der Waals surface area contributed by atoms with Gasteiger partial charge < -0.3 is 20.1 Å². The molecule has 4 rings (SSSR count). The molecule has 2 aliphatic rings. The van der Waals surface area contributed by atoms with Crippen LogP contribution in [-0.4, -0.2) is 54.1 Å². The molecule has 0 unspecified atom stereocenters. The summed E-state index contributed by atoms with van der Waals surface area (Å²) in [5.74, 6) is -1.29. The highest BCUT2D eigenvalue weighted by Gasteiger charge is 2.69. The van der Waals surface area contributed by atoms with Gasteiger partial charge in [-0.25, -0.2) is 18.0 Å². The summed E-state index contributed by atoms with van der Waals surface area (Å²) in [7, 11) is -3.97. The Balaban J connectivity index is 1.70. The smallest absolute Gasteiger partial charge is 0.404 e. The van der Waals surface area contributed by atoms with Crippen LogP contribution in [0.3, 0.4) is 0 Å². The molecule has 0 saturated carbocycles. The number of hydrogen-bond donors (Lipinski definition) is 1. The van der Waals surface area contributed by atoms with Crippen LogP contribution in [0.1, 0.15) is 30.6 Å². The van der Waals surface area contributed by atoms with Crippen LogP contribution in [-0.2, 0) is 28.9 Å². The first-order chi connectivity index (χ1) is 16.2. The summed E-state index contributed by atoms with van der Waals surface area (Å²) in [6, 6.07) is 16.7. The molecule has 0 aliphatic carbocycles. The van der Waals surface area contributed by atoms with E-state index < -0.39 is 50.1 Å². The fourth-order valence-electron chi connectivity index (χ4n) is 4.41. The number of sulfone groups is 1. The van der Waals surface area contributed by atoms with Gasteiger partial charge in [0, 0.05) is 0 Å². The zero-order valence-corrected chi connectivity index (χ0v) is 19.2. The van der Waals surface area contributed by atoms with Gasteiger partial charge in [-0.15, -0.1) is 0 Å². The van der Waals surface area contributed by atoms with E-state index in [1.807, 2.05) is 12.1 Å². The molecule has 2 aromatic carbocycles. The van der Waals surface area contributed by atoms with Gasteiger partial charge in [0.1, 0.15) is 16.7 Å². The van der Waals surface area contributed by atoms with Crippen molar-refractivity contribution in [2.75, 3.05) is 6.61 Å². The molecule has 2 saturated heterocycles. The summed E-state index contributed by atoms with van der Waals surface area (Å²) in [6.45, 7) is 1.08. The van der Waals surface area contributed by atoms with Crippen molar-refractivity contribution >= 4 is 27.8 Å². The quantitative estimate of drug-likeness (QED) is 0.361. The highest BCUT2D eigenvalue weighted by molar-refractivity contribution is 7.94. The largest absolute Gasteiger partial charge is 0.451 e. The number of nitrogens with zero attached hydrogens (tertiary/aromatic N) is 1. The van der Waals surface area contributed by atoms with E-state index in [-0.39, 0.29) is 13.0 Å². The lowest BCUT2D eigenvalue weighted by atomic mass is 9.95. The number of β-lactam (4-membered cyclic amide) rings is 1. The van der Waals surface area contributed by atoms with E-state index in [2.05, 4.69) is 4.74 Å². The zero-order chi connectivity index (χ0) is 24.5. The van der Waals surface area contributed by atoms with E-state index in [1.165, 1.54) is 19.1 Å². The number of amides is 2. The Morgan fingerprint density at radius 3 is 2.18 bits per heavy atom. The van der Waals surface area contributed by atoms with Crippen LogP contribution in [0.2, 0.25) is 0 Å². The Hall–Kier alpha value is -3.66. The first-order valence-corrected chi connectivity index (χ1v) is 12.2. The minimum atomic E-state index is -3.97. The summed E-state index contributed by atoms with van der Waals surface area (Å²) >= 11 is 0. The van der Waals surface area contributed by atoms with Gasteiger partial charge in [0.15, 0.2) is 22.0 Å². The third-order valence-electron chi connectivity index (χ3n) is 6.17. The average molecular weight is 485 g/mol. The fourth-order valence-corrected chi connectivity index (χ4v) is 6.70. The third kappa shape index (κ3) is 3.94. The van der Waals surface area contributed by atoms with Gasteiger partial charge in [-0.3, -0.25) is 4.79 Å². The van der Waals surface area contributed by atoms with Crippen LogP contribution < -0.4 is 5.73 Å². The molecule has 2 N–H and O–H groups in total. The number of hydrogen-bond acceptors (Lipinski definition) is 7. The Morgan fingerprint density at radius 1 is 1.12 bits per heavy atom. The number of carbonyl (C=O) groups is 3. The van der Waals surface area contributed by atoms with Crippen molar-refractivity contribution < 1.29 is 32.3 Å². The molecule has 0 radical (unpaired) electrons. The minimum Gasteiger partial charge on any atom is -0.451 e. The van der Waals surface area contributed by atoms with Gasteiger partial charge in [-0.05, 0) is 24.1 Å². The Bertz CT molecular complexity index is 1190. The van der Waals surface area contributed by atoms with E-state index in [0.717, 1.165) is 4.90 Å². The van der Waals surface area contributed by atoms with E-state index in [1.54, 1.807) is 48.5 Å². The van der Waals surface area contributed by atoms with Crippen molar-refractivity contribution in [1.29, 1.82) is 0 Å². The number of rotatable bonds is 7. The van der Waals surface area contributed by atoms with Crippen molar-refractivity contribution in [1.82, 2.24) is 4.90 Å². The lowest BCUT2D eigenvalue weighted by Gasteiger charge is -2.36. The third-order valence-corrected chi connectivity index (χ3v) is 8.87. The molecular weight excluding hydrogens is 460 g/mol. The second-order valence-corrected chi connectivity index (χ2v) is 10.8. The van der Waals surface area contributed by atoms with E-state index >= 15 is 0 Å². The molecule has 0 spiro atoms. The summed E-state index contributed by atoms with van der Waals surface area (Å²) in [4.78, 5) is 37.9. The summed E-state index contributed by atoms with van der Waals surface area (Å²) in [5, 5.41) is -1.11. The van der Waals surface area contributed by atoms with E-state index in [4.69, 9.17) is 10.5 Å². The Labute approximate surface area is 197 Å². The lowest BCUT2D eigenvalue weighted by Crippen LogP contribution is -2.57. The van der Waals surface area contributed by atoms with Crippen LogP contribution in [0.25, 0.3) is 0 Å². The number of carbonyl (C=O) groups excluding carboxylic acids is 3. The maximum absolute atomic E-state index is 13.6. The van der Waals surface area contributed by atoms with Crippen molar-refractivity contribution in [2.45, 2.75) is 35.6 Å². The molecule has 9 nitrogen and oxygen atoms in total. The maximum Gasteiger partial charge on any atom is 0.404 e. The molecule has 0 aromatic heterocycles. The highest BCUT2D eigenvalue weighted by Crippen LogP contribution is 2.47. The van der Waals surface area contributed by atoms with Gasteiger partial charge in [0.25, 0.3) is 0 Å². The predicted molar refractivity (Wildman–Crippen MR) is 122 cm³/mol. The van der Waals surface area contributed by atoms with Crippen LogP contribution in [0, 0.1) is 0 Å². The minimum absolute atomic E-state index is 0.200. The van der Waals surface area contributed by atoms with Crippen LogP contribution >= 0.6 is 0 Å². The molecule has 3 atom stereocenters. The molecule has 10 heteroatoms. The average Bonchev–Trinajstić information content (AvgIpc) is 2.96. The van der Waals surface area contributed by atoms with Crippen LogP contribution in [0.5, 0.6) is 0 Å². The molecule has 2 amide bonds. The molecule has 2 heterocycles. The summed E-state index contributed by atoms with van der Waals surface area (Å²) in [6.07, 6.45) is 0.536. The van der Waals surface area contributed by atoms with Crippen molar-refractivity contribution in [3.63, 3.8) is 0 Å². The summed E-state index contributed by atoms with van der Waals surface area (Å²) in [5.41, 5.74) is 6.34. The van der Waals surface area contributed by atoms with Crippen LogP contribution in [0.4, 0.5) is 4.79 Å². The normalized spacial score (nSPS) is 25.1. The molecule has 2 fully saturated rings. The molecule has 178 valence electrons. The van der Waals surface area contributed by atoms with Crippen LogP contribution in [0.15, 0.2) is 72.8 Å². The maximum atomic E-state index is 13.6. The molecule has 2 aliphatic heterocycles. The Kier molecular flexibility index (Phi) is 6.18. The van der Waals surface area contributed by atoms with E-state index in [0.29, 0.717) is 11.1 Å². The van der Waals surface area contributed by atoms with Gasteiger partial charge in [-0.1, -0.05) is 66.7 Å². The molecule has 34 heavy (non-hydrogen) atoms. The standard InChI is InChI=1S/C24H24N2O7S/c1-24(13-8-14-32-23(25)29)21(26-18(27)15-19(26)34(24,30)31)22(28)33-20(16-9-4-2-5-10-16)17-11-6-3-7-12-17/h2-13,19-21H,14-15H2,1H3,(H2,25,29)/b13-8+/t19-,21+,24+/m1/s1. The monoisotopic (exact) mass is 484 g/mol. The number of nitrogens with two attached hydrogens (primary N) is 1. The topological polar surface area (TPSA) is 133 Å². The van der Waals surface area contributed by atoms with Gasteiger partial charge in [0.2, 0.25) is 5.91 Å². The zero-order valence-electron chi connectivity index (χ0n) is 18.4. The number of fused-ring (bicyclic) bond motifs is 1. The van der Waals surface area contributed by atoms with Crippen molar-refractivity contribution in [3.05, 3.63) is 83.9 Å². The second-order valence-electron chi connectivity index (χ2n) is 8.26. The highest BCUT2D eigenvalue weighted by atomic mass is 32.2. The Morgan fingerprint density at radius 2 is 1.68 bits per heavy atom. The predicted octanol–water partition coefficient (Wildman–Crippen LogP) is 2.08. The summed E-state index contributed by atoms with van der Waals surface area (Å²) < 4.78 is 35.4. The number of primary amides is 1. The van der Waals surface area contributed by atoms with Gasteiger partial charge in [-0.2, -0.15) is 0 Å². The molecular formula is C24H24N2O7S. The van der Waals surface area contributed by atoms with Gasteiger partial charge >= 0.3 is 12.1 Å². The van der Waals surface area contributed by atoms with E-state index in [9.17, 15) is 22.8 Å². The number of esters is 1. The van der Waals surface area contributed by atoms with Crippen molar-refractivity contribution in [3.8, 4) is 0 Å². The SMILES string of the molecule is C[C@]1(/C=C/COC(N)=O)[C@H](C(=O)OC(c2ccccc2)c2ccccc2)N2C(=O)C[C@H]2S1(=O)=O. The first kappa shape index (κ1) is 23.5.